The van der Waals surface area contributed by atoms with Crippen LogP contribution in [-0.2, 0) is 31.0 Å². The SMILES string of the molecule is CC(=O)Nc1ccc(S(=O)(=O)NCC(=O)OCc2nnc(-c3ccccc3)o2)cc1. The number of amides is 1. The van der Waals surface area contributed by atoms with Gasteiger partial charge in [0.25, 0.3) is 5.89 Å². The summed E-state index contributed by atoms with van der Waals surface area (Å²) in [4.78, 5) is 22.8. The molecule has 0 aliphatic rings. The topological polar surface area (TPSA) is 140 Å². The highest BCUT2D eigenvalue weighted by molar-refractivity contribution is 7.89. The molecule has 0 aliphatic heterocycles. The number of aromatic nitrogens is 2. The van der Waals surface area contributed by atoms with Gasteiger partial charge in [-0.25, -0.2) is 8.42 Å². The van der Waals surface area contributed by atoms with Crippen LogP contribution in [0.5, 0.6) is 0 Å². The molecule has 10 nitrogen and oxygen atoms in total. The minimum Gasteiger partial charge on any atom is -0.455 e. The van der Waals surface area contributed by atoms with Crippen LogP contribution in [-0.4, -0.2) is 37.0 Å². The number of anilines is 1. The van der Waals surface area contributed by atoms with Gasteiger partial charge in [-0.15, -0.1) is 10.2 Å². The molecule has 0 radical (unpaired) electrons. The number of hydrogen-bond donors (Lipinski definition) is 2. The molecule has 0 unspecified atom stereocenters. The predicted octanol–water partition coefficient (Wildman–Crippen LogP) is 1.72. The number of nitrogens with zero attached hydrogens (tertiary/aromatic N) is 2. The summed E-state index contributed by atoms with van der Waals surface area (Å²) >= 11 is 0. The first-order valence-corrected chi connectivity index (χ1v) is 10.2. The van der Waals surface area contributed by atoms with Crippen molar-refractivity contribution in [3.63, 3.8) is 0 Å². The van der Waals surface area contributed by atoms with E-state index in [2.05, 4.69) is 20.2 Å². The minimum absolute atomic E-state index is 0.0613. The summed E-state index contributed by atoms with van der Waals surface area (Å²) in [5.41, 5.74) is 1.18. The van der Waals surface area contributed by atoms with Crippen LogP contribution in [0.1, 0.15) is 12.8 Å². The van der Waals surface area contributed by atoms with E-state index in [1.54, 1.807) is 12.1 Å². The van der Waals surface area contributed by atoms with Gasteiger partial charge < -0.3 is 14.5 Å². The molecular formula is C19H18N4O6S. The Morgan fingerprint density at radius 1 is 1.03 bits per heavy atom. The molecule has 0 saturated heterocycles. The van der Waals surface area contributed by atoms with Crippen LogP contribution in [0.2, 0.25) is 0 Å². The number of sulfonamides is 1. The summed E-state index contributed by atoms with van der Waals surface area (Å²) in [6.45, 7) is 0.482. The molecular weight excluding hydrogens is 412 g/mol. The minimum atomic E-state index is -3.93. The molecule has 0 aliphatic carbocycles. The van der Waals surface area contributed by atoms with Crippen molar-refractivity contribution in [2.75, 3.05) is 11.9 Å². The van der Waals surface area contributed by atoms with Gasteiger partial charge in [-0.3, -0.25) is 9.59 Å². The second-order valence-electron chi connectivity index (χ2n) is 6.06. The Bertz CT molecular complexity index is 1130. The number of hydrogen-bond acceptors (Lipinski definition) is 8. The lowest BCUT2D eigenvalue weighted by Crippen LogP contribution is -2.30. The normalized spacial score (nSPS) is 11.1. The van der Waals surface area contributed by atoms with E-state index >= 15 is 0 Å². The van der Waals surface area contributed by atoms with E-state index in [9.17, 15) is 18.0 Å². The molecule has 0 saturated carbocycles. The van der Waals surface area contributed by atoms with E-state index in [0.29, 0.717) is 5.69 Å². The van der Waals surface area contributed by atoms with Crippen LogP contribution in [0.15, 0.2) is 63.9 Å². The molecule has 11 heteroatoms. The Balaban J connectivity index is 1.50. The van der Waals surface area contributed by atoms with Crippen LogP contribution in [0.4, 0.5) is 5.69 Å². The first-order valence-electron chi connectivity index (χ1n) is 8.74. The van der Waals surface area contributed by atoms with Gasteiger partial charge in [0.1, 0.15) is 6.54 Å². The number of rotatable bonds is 8. The summed E-state index contributed by atoms with van der Waals surface area (Å²) in [5, 5.41) is 10.2. The van der Waals surface area contributed by atoms with Crippen molar-refractivity contribution in [3.05, 3.63) is 60.5 Å². The quantitative estimate of drug-likeness (QED) is 0.515. The standard InChI is InChI=1S/C19H18N4O6S/c1-13(24)21-15-7-9-16(10-8-15)30(26,27)20-11-18(25)28-12-17-22-23-19(29-17)14-5-3-2-4-6-14/h2-10,20H,11-12H2,1H3,(H,21,24). The molecule has 0 spiro atoms. The highest BCUT2D eigenvalue weighted by Crippen LogP contribution is 2.17. The highest BCUT2D eigenvalue weighted by atomic mass is 32.2. The fourth-order valence-corrected chi connectivity index (χ4v) is 3.33. The monoisotopic (exact) mass is 430 g/mol. The second kappa shape index (κ2) is 9.29. The van der Waals surface area contributed by atoms with Gasteiger partial charge >= 0.3 is 5.97 Å². The van der Waals surface area contributed by atoms with Gasteiger partial charge in [-0.2, -0.15) is 4.72 Å². The summed E-state index contributed by atoms with van der Waals surface area (Å²) in [7, 11) is -3.93. The Morgan fingerprint density at radius 2 is 1.73 bits per heavy atom. The zero-order valence-corrected chi connectivity index (χ0v) is 16.7. The van der Waals surface area contributed by atoms with Crippen molar-refractivity contribution >= 4 is 27.6 Å². The maximum absolute atomic E-state index is 12.3. The average molecular weight is 430 g/mol. The number of esters is 1. The van der Waals surface area contributed by atoms with Gasteiger partial charge in [0.15, 0.2) is 6.61 Å². The molecule has 0 fully saturated rings. The molecule has 156 valence electrons. The predicted molar refractivity (Wildman–Crippen MR) is 105 cm³/mol. The third-order valence-electron chi connectivity index (χ3n) is 3.74. The molecule has 2 aromatic carbocycles. The van der Waals surface area contributed by atoms with Crippen molar-refractivity contribution in [2.45, 2.75) is 18.4 Å². The molecule has 1 heterocycles. The Labute approximate surface area is 172 Å². The van der Waals surface area contributed by atoms with Crippen LogP contribution in [0, 0.1) is 0 Å². The van der Waals surface area contributed by atoms with Crippen LogP contribution in [0.3, 0.4) is 0 Å². The number of nitrogens with one attached hydrogen (secondary N) is 2. The lowest BCUT2D eigenvalue weighted by molar-refractivity contribution is -0.144. The van der Waals surface area contributed by atoms with E-state index in [4.69, 9.17) is 9.15 Å². The molecule has 0 bridgehead atoms. The Hall–Kier alpha value is -3.57. The molecule has 3 rings (SSSR count). The van der Waals surface area contributed by atoms with E-state index in [1.165, 1.54) is 31.2 Å². The lowest BCUT2D eigenvalue weighted by Gasteiger charge is -2.08. The zero-order valence-electron chi connectivity index (χ0n) is 15.9. The van der Waals surface area contributed by atoms with E-state index < -0.39 is 22.5 Å². The van der Waals surface area contributed by atoms with Crippen molar-refractivity contribution in [3.8, 4) is 11.5 Å². The summed E-state index contributed by atoms with van der Waals surface area (Å²) in [6.07, 6.45) is 0. The Morgan fingerprint density at radius 3 is 2.40 bits per heavy atom. The van der Waals surface area contributed by atoms with Gasteiger partial charge in [-0.05, 0) is 36.4 Å². The van der Waals surface area contributed by atoms with Gasteiger partial charge in [0.05, 0.1) is 4.90 Å². The van der Waals surface area contributed by atoms with Gasteiger partial charge in [-0.1, -0.05) is 18.2 Å². The van der Waals surface area contributed by atoms with Crippen molar-refractivity contribution < 1.29 is 27.2 Å². The molecule has 3 aromatic rings. The first kappa shape index (κ1) is 21.1. The number of carbonyl (C=O) groups excluding carboxylic acids is 2. The highest BCUT2D eigenvalue weighted by Gasteiger charge is 2.17. The average Bonchev–Trinajstić information content (AvgIpc) is 3.20. The number of ether oxygens (including phenoxy) is 1. The largest absolute Gasteiger partial charge is 0.455 e. The third-order valence-corrected chi connectivity index (χ3v) is 5.15. The smallest absolute Gasteiger partial charge is 0.321 e. The van der Waals surface area contributed by atoms with Crippen LogP contribution in [0.25, 0.3) is 11.5 Å². The fourth-order valence-electron chi connectivity index (χ4n) is 2.36. The van der Waals surface area contributed by atoms with Crippen LogP contribution >= 0.6 is 0 Å². The van der Waals surface area contributed by atoms with E-state index in [-0.39, 0.29) is 29.2 Å². The molecule has 0 atom stereocenters. The zero-order chi connectivity index (χ0) is 21.6. The van der Waals surface area contributed by atoms with Crippen molar-refractivity contribution in [1.29, 1.82) is 0 Å². The van der Waals surface area contributed by atoms with Gasteiger partial charge in [0, 0.05) is 18.2 Å². The summed E-state index contributed by atoms with van der Waals surface area (Å²) in [6, 6.07) is 14.6. The van der Waals surface area contributed by atoms with Crippen molar-refractivity contribution in [1.82, 2.24) is 14.9 Å². The maximum Gasteiger partial charge on any atom is 0.321 e. The molecule has 2 N–H and O–H groups in total. The third kappa shape index (κ3) is 5.72. The van der Waals surface area contributed by atoms with Gasteiger partial charge in [0.2, 0.25) is 21.8 Å². The summed E-state index contributed by atoms with van der Waals surface area (Å²) < 4.78 is 37.0. The fraction of sp³-hybridized carbons (Fsp3) is 0.158. The molecule has 1 amide bonds. The van der Waals surface area contributed by atoms with E-state index in [1.807, 2.05) is 18.2 Å². The second-order valence-corrected chi connectivity index (χ2v) is 7.82. The maximum atomic E-state index is 12.3. The van der Waals surface area contributed by atoms with E-state index in [0.717, 1.165) is 5.56 Å². The van der Waals surface area contributed by atoms with Crippen LogP contribution < -0.4 is 10.0 Å². The lowest BCUT2D eigenvalue weighted by atomic mass is 10.2. The Kier molecular flexibility index (Phi) is 6.54. The molecule has 1 aromatic heterocycles. The molecule has 30 heavy (non-hydrogen) atoms. The van der Waals surface area contributed by atoms with Crippen molar-refractivity contribution in [2.24, 2.45) is 0 Å². The number of benzene rings is 2. The first-order chi connectivity index (χ1) is 14.3. The number of carbonyl (C=O) groups is 2. The summed E-state index contributed by atoms with van der Waals surface area (Å²) in [5.74, 6) is -0.722.